The van der Waals surface area contributed by atoms with Gasteiger partial charge in [0.05, 0.1) is 19.0 Å². The summed E-state index contributed by atoms with van der Waals surface area (Å²) < 4.78 is 5.25. The van der Waals surface area contributed by atoms with Crippen LogP contribution in [0.3, 0.4) is 0 Å². The van der Waals surface area contributed by atoms with Crippen molar-refractivity contribution >= 4 is 45.6 Å². The number of methoxy groups -OCH3 is 1. The molecule has 2 heterocycles. The molecule has 32 heavy (non-hydrogen) atoms. The molecule has 0 saturated carbocycles. The van der Waals surface area contributed by atoms with Gasteiger partial charge in [0.15, 0.2) is 0 Å². The summed E-state index contributed by atoms with van der Waals surface area (Å²) in [7, 11) is 1.20. The lowest BCUT2D eigenvalue weighted by Gasteiger charge is -2.28. The van der Waals surface area contributed by atoms with Gasteiger partial charge in [0.25, 0.3) is 11.8 Å². The van der Waals surface area contributed by atoms with Crippen molar-refractivity contribution in [1.82, 2.24) is 20.5 Å². The van der Waals surface area contributed by atoms with E-state index < -0.39 is 36.0 Å². The van der Waals surface area contributed by atoms with E-state index in [9.17, 15) is 19.2 Å². The van der Waals surface area contributed by atoms with Crippen LogP contribution in [0.15, 0.2) is 53.3 Å². The van der Waals surface area contributed by atoms with Crippen molar-refractivity contribution in [2.45, 2.75) is 24.9 Å². The Kier molecular flexibility index (Phi) is 7.77. The Bertz CT molecular complexity index is 986. The van der Waals surface area contributed by atoms with Crippen molar-refractivity contribution < 1.29 is 23.9 Å². The summed E-state index contributed by atoms with van der Waals surface area (Å²) in [5.74, 6) is -1.07. The minimum absolute atomic E-state index is 0.321. The molecule has 0 radical (unpaired) electrons. The van der Waals surface area contributed by atoms with Gasteiger partial charge < -0.3 is 20.3 Å². The number of anilines is 1. The third kappa shape index (κ3) is 5.82. The molecule has 0 bridgehead atoms. The van der Waals surface area contributed by atoms with Crippen LogP contribution in [0, 0.1) is 0 Å². The van der Waals surface area contributed by atoms with Crippen LogP contribution in [0.1, 0.15) is 24.4 Å². The third-order valence-corrected chi connectivity index (χ3v) is 5.36. The molecular formula is C21H22BrN5O5. The number of rotatable bonds is 5. The molecule has 1 aromatic carbocycles. The van der Waals surface area contributed by atoms with Gasteiger partial charge in [-0.15, -0.1) is 0 Å². The number of hydrogen-bond donors (Lipinski definition) is 3. The second kappa shape index (κ2) is 10.7. The molecule has 3 rings (SSSR count). The number of halogens is 1. The number of nitrogens with zero attached hydrogens (tertiary/aromatic N) is 2. The highest BCUT2D eigenvalue weighted by Crippen LogP contribution is 2.24. The normalized spacial score (nSPS) is 16.1. The summed E-state index contributed by atoms with van der Waals surface area (Å²) in [5, 5.41) is 7.31. The fourth-order valence-corrected chi connectivity index (χ4v) is 3.62. The van der Waals surface area contributed by atoms with Crippen LogP contribution in [-0.4, -0.2) is 53.5 Å². The van der Waals surface area contributed by atoms with Crippen LogP contribution in [0.5, 0.6) is 0 Å². The minimum Gasteiger partial charge on any atom is -0.453 e. The number of benzene rings is 1. The molecule has 0 aliphatic carbocycles. The molecule has 0 spiro atoms. The zero-order valence-electron chi connectivity index (χ0n) is 17.2. The third-order valence-electron chi connectivity index (χ3n) is 4.89. The van der Waals surface area contributed by atoms with Gasteiger partial charge in [-0.05, 0) is 46.5 Å². The number of carbonyl (C=O) groups is 4. The summed E-state index contributed by atoms with van der Waals surface area (Å²) >= 11 is 3.20. The summed E-state index contributed by atoms with van der Waals surface area (Å²) in [5.41, 5.74) is 0.957. The number of nitrogens with one attached hydrogen (secondary N) is 3. The summed E-state index contributed by atoms with van der Waals surface area (Å²) in [6.07, 6.45) is 1.64. The summed E-state index contributed by atoms with van der Waals surface area (Å²) in [6.45, 7) is 0.321. The number of hydrogen-bond acceptors (Lipinski definition) is 6. The largest absolute Gasteiger partial charge is 0.453 e. The highest BCUT2D eigenvalue weighted by molar-refractivity contribution is 9.10. The molecule has 1 aliphatic heterocycles. The lowest BCUT2D eigenvalue weighted by Crippen LogP contribution is -2.51. The van der Waals surface area contributed by atoms with Crippen molar-refractivity contribution in [2.75, 3.05) is 19.0 Å². The highest BCUT2D eigenvalue weighted by atomic mass is 79.9. The van der Waals surface area contributed by atoms with Crippen LogP contribution in [0.25, 0.3) is 0 Å². The number of urea groups is 1. The van der Waals surface area contributed by atoms with Gasteiger partial charge in [-0.2, -0.15) is 0 Å². The van der Waals surface area contributed by atoms with Crippen molar-refractivity contribution in [3.05, 3.63) is 58.8 Å². The Morgan fingerprint density at radius 3 is 2.56 bits per heavy atom. The first-order valence-electron chi connectivity index (χ1n) is 9.82. The van der Waals surface area contributed by atoms with Crippen LogP contribution in [0.2, 0.25) is 0 Å². The molecule has 0 unspecified atom stereocenters. The van der Waals surface area contributed by atoms with E-state index in [1.807, 2.05) is 0 Å². The number of amides is 5. The van der Waals surface area contributed by atoms with E-state index in [1.54, 1.807) is 42.5 Å². The Hall–Kier alpha value is -3.47. The average molecular weight is 504 g/mol. The Morgan fingerprint density at radius 2 is 1.91 bits per heavy atom. The average Bonchev–Trinajstić information content (AvgIpc) is 3.29. The standard InChI is InChI=1S/C21H22BrN5O5/c1-32-21(31)25-17(13-6-3-2-4-7-13)19(29)27-11-5-8-15(27)18(28)26-20(30)24-14-9-10-16(22)23-12-14/h2-4,6-7,9-10,12,15,17H,5,8,11H2,1H3,(H,25,31)(H2,24,26,28,30)/t15-,17+/m0/s1. The van der Waals surface area contributed by atoms with E-state index in [0.717, 1.165) is 0 Å². The molecule has 1 aromatic heterocycles. The molecule has 1 fully saturated rings. The number of alkyl carbamates (subject to hydrolysis) is 1. The second-order valence-corrected chi connectivity index (χ2v) is 7.79. The molecule has 10 nitrogen and oxygen atoms in total. The molecule has 5 amide bonds. The van der Waals surface area contributed by atoms with Gasteiger partial charge in [0.1, 0.15) is 16.7 Å². The predicted molar refractivity (Wildman–Crippen MR) is 119 cm³/mol. The topological polar surface area (TPSA) is 130 Å². The van der Waals surface area contributed by atoms with Crippen molar-refractivity contribution in [2.24, 2.45) is 0 Å². The first-order chi connectivity index (χ1) is 15.4. The van der Waals surface area contributed by atoms with Gasteiger partial charge >= 0.3 is 12.1 Å². The van der Waals surface area contributed by atoms with Crippen molar-refractivity contribution in [1.29, 1.82) is 0 Å². The fraction of sp³-hybridized carbons (Fsp3) is 0.286. The second-order valence-electron chi connectivity index (χ2n) is 6.98. The van der Waals surface area contributed by atoms with Gasteiger partial charge in [0, 0.05) is 6.54 Å². The molecule has 2 aromatic rings. The monoisotopic (exact) mass is 503 g/mol. The number of imide groups is 1. The minimum atomic E-state index is -1.03. The Balaban J connectivity index is 1.70. The first-order valence-corrected chi connectivity index (χ1v) is 10.6. The number of aromatic nitrogens is 1. The number of pyridine rings is 1. The van der Waals surface area contributed by atoms with E-state index in [4.69, 9.17) is 0 Å². The number of ether oxygens (including phenoxy) is 1. The van der Waals surface area contributed by atoms with E-state index in [0.29, 0.717) is 35.2 Å². The van der Waals surface area contributed by atoms with Crippen LogP contribution in [0.4, 0.5) is 15.3 Å². The number of likely N-dealkylation sites (tertiary alicyclic amines) is 1. The molecule has 1 aliphatic rings. The van der Waals surface area contributed by atoms with E-state index in [-0.39, 0.29) is 0 Å². The zero-order chi connectivity index (χ0) is 23.1. The quantitative estimate of drug-likeness (QED) is 0.537. The molecular weight excluding hydrogens is 482 g/mol. The van der Waals surface area contributed by atoms with Crippen molar-refractivity contribution in [3.63, 3.8) is 0 Å². The van der Waals surface area contributed by atoms with Gasteiger partial charge in [0.2, 0.25) is 0 Å². The van der Waals surface area contributed by atoms with Crippen LogP contribution >= 0.6 is 15.9 Å². The molecule has 2 atom stereocenters. The molecule has 168 valence electrons. The molecule has 3 N–H and O–H groups in total. The van der Waals surface area contributed by atoms with Gasteiger partial charge in [-0.1, -0.05) is 30.3 Å². The van der Waals surface area contributed by atoms with Gasteiger partial charge in [-0.25, -0.2) is 14.6 Å². The zero-order valence-corrected chi connectivity index (χ0v) is 18.8. The fourth-order valence-electron chi connectivity index (χ4n) is 3.39. The Labute approximate surface area is 192 Å². The Morgan fingerprint density at radius 1 is 1.16 bits per heavy atom. The van der Waals surface area contributed by atoms with E-state index >= 15 is 0 Å². The van der Waals surface area contributed by atoms with Crippen LogP contribution in [-0.2, 0) is 14.3 Å². The lowest BCUT2D eigenvalue weighted by atomic mass is 10.1. The number of carbonyl (C=O) groups excluding carboxylic acids is 4. The molecule has 11 heteroatoms. The molecule has 1 saturated heterocycles. The van der Waals surface area contributed by atoms with Crippen molar-refractivity contribution in [3.8, 4) is 0 Å². The van der Waals surface area contributed by atoms with E-state index in [2.05, 4.69) is 41.6 Å². The highest BCUT2D eigenvalue weighted by Gasteiger charge is 2.38. The smallest absolute Gasteiger partial charge is 0.407 e. The van der Waals surface area contributed by atoms with Crippen LogP contribution < -0.4 is 16.0 Å². The summed E-state index contributed by atoms with van der Waals surface area (Å²) in [6, 6.07) is 9.32. The summed E-state index contributed by atoms with van der Waals surface area (Å²) in [4.78, 5) is 55.4. The SMILES string of the molecule is COC(=O)N[C@@H](C(=O)N1CCC[C@H]1C(=O)NC(=O)Nc1ccc(Br)nc1)c1ccccc1. The lowest BCUT2D eigenvalue weighted by molar-refractivity contribution is -0.139. The predicted octanol–water partition coefficient (Wildman–Crippen LogP) is 2.58. The maximum atomic E-state index is 13.3. The maximum absolute atomic E-state index is 13.3. The maximum Gasteiger partial charge on any atom is 0.407 e. The first kappa shape index (κ1) is 23.2. The van der Waals surface area contributed by atoms with E-state index in [1.165, 1.54) is 18.2 Å². The van der Waals surface area contributed by atoms with Gasteiger partial charge in [-0.3, -0.25) is 14.9 Å².